The zero-order valence-corrected chi connectivity index (χ0v) is 20.4. The summed E-state index contributed by atoms with van der Waals surface area (Å²) >= 11 is 1.65. The number of aryl methyl sites for hydroxylation is 1. The van der Waals surface area contributed by atoms with Crippen molar-refractivity contribution in [1.82, 2.24) is 10.6 Å². The van der Waals surface area contributed by atoms with E-state index in [2.05, 4.69) is 34.9 Å². The number of rotatable bonds is 9. The summed E-state index contributed by atoms with van der Waals surface area (Å²) in [5.41, 5.74) is 6.13. The van der Waals surface area contributed by atoms with Gasteiger partial charge in [-0.05, 0) is 71.9 Å². The Kier molecular flexibility index (Phi) is 7.91. The Morgan fingerprint density at radius 2 is 1.82 bits per heavy atom. The lowest BCUT2D eigenvalue weighted by molar-refractivity contribution is -0.123. The summed E-state index contributed by atoms with van der Waals surface area (Å²) < 4.78 is 5.59. The number of carbonyl (C=O) groups excluding carboxylic acids is 2. The van der Waals surface area contributed by atoms with Crippen LogP contribution in [0.15, 0.2) is 66.7 Å². The zero-order valence-electron chi connectivity index (χ0n) is 19.6. The number of hydrogen-bond acceptors (Lipinski definition) is 4. The lowest BCUT2D eigenvalue weighted by Gasteiger charge is -2.18. The molecule has 176 valence electrons. The van der Waals surface area contributed by atoms with Crippen molar-refractivity contribution >= 4 is 23.6 Å². The maximum atomic E-state index is 12.9. The summed E-state index contributed by atoms with van der Waals surface area (Å²) in [6, 6.07) is 21.3. The van der Waals surface area contributed by atoms with Gasteiger partial charge in [0.25, 0.3) is 5.91 Å². The van der Waals surface area contributed by atoms with Gasteiger partial charge in [-0.1, -0.05) is 48.0 Å². The molecule has 0 radical (unpaired) electrons. The Balaban J connectivity index is 1.36. The lowest BCUT2D eigenvalue weighted by atomic mass is 10.0. The van der Waals surface area contributed by atoms with E-state index in [1.807, 2.05) is 49.6 Å². The third-order valence-electron chi connectivity index (χ3n) is 5.96. The monoisotopic (exact) mass is 474 g/mol. The van der Waals surface area contributed by atoms with Crippen LogP contribution in [0.5, 0.6) is 5.75 Å². The molecule has 1 unspecified atom stereocenters. The third-order valence-corrected chi connectivity index (χ3v) is 6.60. The van der Waals surface area contributed by atoms with Crippen LogP contribution in [0.25, 0.3) is 11.1 Å². The number of hydrogen-bond donors (Lipinski definition) is 2. The second-order valence-electron chi connectivity index (χ2n) is 8.51. The highest BCUT2D eigenvalue weighted by Gasteiger charge is 2.21. The summed E-state index contributed by atoms with van der Waals surface area (Å²) in [6.45, 7) is 3.10. The maximum absolute atomic E-state index is 12.9. The number of thioether (sulfide) groups is 1. The third kappa shape index (κ3) is 6.00. The van der Waals surface area contributed by atoms with E-state index in [9.17, 15) is 9.59 Å². The number of fused-ring (bicyclic) bond motifs is 1. The second-order valence-corrected chi connectivity index (χ2v) is 9.50. The zero-order chi connectivity index (χ0) is 23.9. The summed E-state index contributed by atoms with van der Waals surface area (Å²) in [5.74, 6) is 1.37. The molecular formula is C28H30N2O3S. The van der Waals surface area contributed by atoms with Crippen LogP contribution in [0.3, 0.4) is 0 Å². The highest BCUT2D eigenvalue weighted by atomic mass is 32.2. The van der Waals surface area contributed by atoms with Crippen molar-refractivity contribution in [1.29, 1.82) is 0 Å². The Hall–Kier alpha value is -3.25. The molecule has 0 saturated carbocycles. The van der Waals surface area contributed by atoms with Gasteiger partial charge in [-0.25, -0.2) is 0 Å². The van der Waals surface area contributed by atoms with Crippen LogP contribution in [0.1, 0.15) is 33.5 Å². The molecule has 0 aliphatic carbocycles. The predicted molar refractivity (Wildman–Crippen MR) is 138 cm³/mol. The molecule has 2 N–H and O–H groups in total. The summed E-state index contributed by atoms with van der Waals surface area (Å²) in [6.07, 6.45) is 3.52. The first-order chi connectivity index (χ1) is 16.5. The Morgan fingerprint density at radius 3 is 2.59 bits per heavy atom. The van der Waals surface area contributed by atoms with Crippen molar-refractivity contribution < 1.29 is 14.3 Å². The standard InChI is InChI=1S/C28H30N2O3S/c1-19-4-3-5-24(16-19)27(31)30-25(13-15-34-2)28(32)29-18-20-6-8-21(9-7-20)22-10-11-26-23(17-22)12-14-33-26/h3-11,16-17,25H,12-15,18H2,1-2H3,(H,29,32)(H,30,31). The first kappa shape index (κ1) is 23.9. The van der Waals surface area contributed by atoms with Gasteiger partial charge >= 0.3 is 0 Å². The molecule has 3 aromatic carbocycles. The molecule has 6 heteroatoms. The molecule has 0 fully saturated rings. The molecular weight excluding hydrogens is 444 g/mol. The first-order valence-electron chi connectivity index (χ1n) is 11.5. The highest BCUT2D eigenvalue weighted by Crippen LogP contribution is 2.30. The molecule has 4 rings (SSSR count). The summed E-state index contributed by atoms with van der Waals surface area (Å²) in [5, 5.41) is 5.90. The first-order valence-corrected chi connectivity index (χ1v) is 12.9. The lowest BCUT2D eigenvalue weighted by Crippen LogP contribution is -2.46. The van der Waals surface area contributed by atoms with Gasteiger partial charge < -0.3 is 15.4 Å². The second kappa shape index (κ2) is 11.3. The predicted octanol–water partition coefficient (Wildman–Crippen LogP) is 4.76. The van der Waals surface area contributed by atoms with Crippen LogP contribution in [-0.2, 0) is 17.8 Å². The van der Waals surface area contributed by atoms with Crippen LogP contribution in [-0.4, -0.2) is 36.5 Å². The van der Waals surface area contributed by atoms with Crippen LogP contribution in [0.2, 0.25) is 0 Å². The van der Waals surface area contributed by atoms with Crippen molar-refractivity contribution in [2.75, 3.05) is 18.6 Å². The molecule has 1 aliphatic rings. The van der Waals surface area contributed by atoms with Crippen molar-refractivity contribution in [3.05, 3.63) is 89.0 Å². The van der Waals surface area contributed by atoms with Crippen LogP contribution in [0, 0.1) is 6.92 Å². The molecule has 1 heterocycles. The van der Waals surface area contributed by atoms with E-state index >= 15 is 0 Å². The Bertz CT molecular complexity index is 1160. The molecule has 5 nitrogen and oxygen atoms in total. The fourth-order valence-electron chi connectivity index (χ4n) is 4.03. The maximum Gasteiger partial charge on any atom is 0.251 e. The molecule has 3 aromatic rings. The van der Waals surface area contributed by atoms with E-state index < -0.39 is 6.04 Å². The topological polar surface area (TPSA) is 67.4 Å². The molecule has 34 heavy (non-hydrogen) atoms. The average Bonchev–Trinajstić information content (AvgIpc) is 3.33. The average molecular weight is 475 g/mol. The van der Waals surface area contributed by atoms with E-state index in [0.717, 1.165) is 46.8 Å². The van der Waals surface area contributed by atoms with Gasteiger partial charge in [-0.2, -0.15) is 11.8 Å². The molecule has 0 bridgehead atoms. The van der Waals surface area contributed by atoms with Crippen molar-refractivity contribution in [2.45, 2.75) is 32.4 Å². The fraction of sp³-hybridized carbons (Fsp3) is 0.286. The minimum absolute atomic E-state index is 0.169. The van der Waals surface area contributed by atoms with Crippen LogP contribution >= 0.6 is 11.8 Å². The highest BCUT2D eigenvalue weighted by molar-refractivity contribution is 7.98. The van der Waals surface area contributed by atoms with Crippen molar-refractivity contribution in [3.8, 4) is 16.9 Å². The number of carbonyl (C=O) groups is 2. The summed E-state index contributed by atoms with van der Waals surface area (Å²) in [4.78, 5) is 25.6. The van der Waals surface area contributed by atoms with E-state index in [-0.39, 0.29) is 11.8 Å². The Morgan fingerprint density at radius 1 is 1.03 bits per heavy atom. The van der Waals surface area contributed by atoms with E-state index in [1.165, 1.54) is 5.56 Å². The molecule has 2 amide bonds. The van der Waals surface area contributed by atoms with Gasteiger partial charge in [0.15, 0.2) is 0 Å². The number of amides is 2. The Labute approximate surface area is 205 Å². The van der Waals surface area contributed by atoms with Gasteiger partial charge in [0.05, 0.1) is 6.61 Å². The fourth-order valence-corrected chi connectivity index (χ4v) is 4.50. The van der Waals surface area contributed by atoms with Gasteiger partial charge in [-0.15, -0.1) is 0 Å². The van der Waals surface area contributed by atoms with E-state index in [4.69, 9.17) is 4.74 Å². The van der Waals surface area contributed by atoms with Gasteiger partial charge in [0.1, 0.15) is 11.8 Å². The van der Waals surface area contributed by atoms with Gasteiger partial charge in [0, 0.05) is 18.5 Å². The molecule has 1 aliphatic heterocycles. The normalized spacial score (nSPS) is 13.0. The number of nitrogens with one attached hydrogen (secondary N) is 2. The van der Waals surface area contributed by atoms with Gasteiger partial charge in [-0.3, -0.25) is 9.59 Å². The minimum Gasteiger partial charge on any atom is -0.493 e. The number of benzene rings is 3. The minimum atomic E-state index is -0.576. The SMILES string of the molecule is CSCCC(NC(=O)c1cccc(C)c1)C(=O)NCc1ccc(-c2ccc3c(c2)CCO3)cc1. The smallest absolute Gasteiger partial charge is 0.251 e. The summed E-state index contributed by atoms with van der Waals surface area (Å²) in [7, 11) is 0. The quantitative estimate of drug-likeness (QED) is 0.469. The molecule has 0 aromatic heterocycles. The van der Waals surface area contributed by atoms with Crippen molar-refractivity contribution in [3.63, 3.8) is 0 Å². The van der Waals surface area contributed by atoms with E-state index in [0.29, 0.717) is 18.5 Å². The largest absolute Gasteiger partial charge is 0.493 e. The van der Waals surface area contributed by atoms with E-state index in [1.54, 1.807) is 17.8 Å². The molecule has 1 atom stereocenters. The molecule has 0 spiro atoms. The molecule has 0 saturated heterocycles. The van der Waals surface area contributed by atoms with Crippen molar-refractivity contribution in [2.24, 2.45) is 0 Å². The van der Waals surface area contributed by atoms with Gasteiger partial charge in [0.2, 0.25) is 5.91 Å². The van der Waals surface area contributed by atoms with Crippen LogP contribution in [0.4, 0.5) is 0 Å². The number of ether oxygens (including phenoxy) is 1. The van der Waals surface area contributed by atoms with Crippen LogP contribution < -0.4 is 15.4 Å².